The highest BCUT2D eigenvalue weighted by Crippen LogP contribution is 2.45. The van der Waals surface area contributed by atoms with E-state index in [1.807, 2.05) is 22.4 Å². The molecule has 1 amide bonds. The number of thioether (sulfide) groups is 1. The van der Waals surface area contributed by atoms with E-state index < -0.39 is 15.8 Å². The number of carbonyl (C=O) groups is 1. The van der Waals surface area contributed by atoms with Crippen molar-refractivity contribution in [3.63, 3.8) is 0 Å². The molecule has 0 unspecified atom stereocenters. The van der Waals surface area contributed by atoms with Gasteiger partial charge in [-0.1, -0.05) is 6.07 Å². The van der Waals surface area contributed by atoms with Gasteiger partial charge in [-0.05, 0) is 48.6 Å². The lowest BCUT2D eigenvalue weighted by Crippen LogP contribution is -2.53. The van der Waals surface area contributed by atoms with E-state index in [1.54, 1.807) is 11.8 Å². The van der Waals surface area contributed by atoms with Crippen LogP contribution in [0.4, 0.5) is 4.39 Å². The van der Waals surface area contributed by atoms with Crippen molar-refractivity contribution in [3.05, 3.63) is 52.5 Å². The lowest BCUT2D eigenvalue weighted by atomic mass is 10.0. The number of hydrogen-bond acceptors (Lipinski definition) is 5. The van der Waals surface area contributed by atoms with Gasteiger partial charge in [0.1, 0.15) is 5.82 Å². The van der Waals surface area contributed by atoms with E-state index in [1.165, 1.54) is 27.8 Å². The Balaban J connectivity index is 1.51. The van der Waals surface area contributed by atoms with Crippen LogP contribution in [0.25, 0.3) is 0 Å². The summed E-state index contributed by atoms with van der Waals surface area (Å²) in [5.74, 6) is 0.434. The van der Waals surface area contributed by atoms with Gasteiger partial charge in [0.15, 0.2) is 0 Å². The standard InChI is InChI=1S/C18H19FN2O3S3/c19-14-3-5-15(6-4-14)27(23,24)20-9-7-18(8-10-20)21(11-13-26-18)17(22)16-2-1-12-25-16/h1-6,12H,7-11,13H2. The monoisotopic (exact) mass is 426 g/mol. The third-order valence-electron chi connectivity index (χ3n) is 5.11. The summed E-state index contributed by atoms with van der Waals surface area (Å²) in [5, 5.41) is 1.89. The van der Waals surface area contributed by atoms with Crippen LogP contribution < -0.4 is 0 Å². The molecule has 4 rings (SSSR count). The van der Waals surface area contributed by atoms with E-state index in [2.05, 4.69) is 0 Å². The highest BCUT2D eigenvalue weighted by molar-refractivity contribution is 8.00. The van der Waals surface area contributed by atoms with Gasteiger partial charge in [0.25, 0.3) is 5.91 Å². The van der Waals surface area contributed by atoms with Crippen molar-refractivity contribution in [2.45, 2.75) is 22.6 Å². The molecule has 0 aliphatic carbocycles. The van der Waals surface area contributed by atoms with Gasteiger partial charge in [0.05, 0.1) is 14.6 Å². The minimum Gasteiger partial charge on any atom is -0.322 e. The highest BCUT2D eigenvalue weighted by Gasteiger charge is 2.48. The van der Waals surface area contributed by atoms with Crippen molar-refractivity contribution in [2.75, 3.05) is 25.4 Å². The minimum absolute atomic E-state index is 0.0323. The minimum atomic E-state index is -3.65. The van der Waals surface area contributed by atoms with Crippen molar-refractivity contribution in [1.82, 2.24) is 9.21 Å². The fourth-order valence-electron chi connectivity index (χ4n) is 3.67. The zero-order valence-electron chi connectivity index (χ0n) is 14.5. The van der Waals surface area contributed by atoms with Crippen molar-refractivity contribution in [3.8, 4) is 0 Å². The van der Waals surface area contributed by atoms with Gasteiger partial charge in [-0.2, -0.15) is 4.31 Å². The first-order valence-electron chi connectivity index (χ1n) is 8.68. The number of thiophene rings is 1. The first kappa shape index (κ1) is 18.9. The molecule has 2 fully saturated rings. The summed E-state index contributed by atoms with van der Waals surface area (Å²) in [6.07, 6.45) is 1.18. The maximum atomic E-state index is 13.1. The Bertz CT molecular complexity index is 921. The fraction of sp³-hybridized carbons (Fsp3) is 0.389. The van der Waals surface area contributed by atoms with Crippen LogP contribution in [0.1, 0.15) is 22.5 Å². The van der Waals surface area contributed by atoms with E-state index in [4.69, 9.17) is 0 Å². The molecule has 0 bridgehead atoms. The van der Waals surface area contributed by atoms with Gasteiger partial charge in [-0.25, -0.2) is 12.8 Å². The molecule has 2 aliphatic rings. The average Bonchev–Trinajstić information content (AvgIpc) is 3.33. The van der Waals surface area contributed by atoms with Crippen LogP contribution in [0, 0.1) is 5.82 Å². The zero-order valence-corrected chi connectivity index (χ0v) is 17.0. The first-order chi connectivity index (χ1) is 12.9. The predicted octanol–water partition coefficient (Wildman–Crippen LogP) is 3.26. The van der Waals surface area contributed by atoms with Gasteiger partial charge < -0.3 is 4.90 Å². The number of halogens is 1. The van der Waals surface area contributed by atoms with Crippen LogP contribution in [0.3, 0.4) is 0 Å². The van der Waals surface area contributed by atoms with Gasteiger partial charge in [0, 0.05) is 25.4 Å². The Labute approximate surface area is 166 Å². The number of benzene rings is 1. The van der Waals surface area contributed by atoms with Crippen molar-refractivity contribution in [1.29, 1.82) is 0 Å². The van der Waals surface area contributed by atoms with Crippen molar-refractivity contribution < 1.29 is 17.6 Å². The summed E-state index contributed by atoms with van der Waals surface area (Å²) in [4.78, 5) is 15.3. The molecule has 2 aliphatic heterocycles. The Morgan fingerprint density at radius 3 is 2.41 bits per heavy atom. The molecule has 5 nitrogen and oxygen atoms in total. The molecule has 9 heteroatoms. The number of nitrogens with zero attached hydrogens (tertiary/aromatic N) is 2. The van der Waals surface area contributed by atoms with E-state index in [-0.39, 0.29) is 15.7 Å². The molecule has 1 aromatic heterocycles. The number of sulfonamides is 1. The third-order valence-corrected chi connectivity index (χ3v) is 9.43. The SMILES string of the molecule is O=C(c1cccs1)N1CCSC12CCN(S(=O)(=O)c1ccc(F)cc1)CC2. The predicted molar refractivity (Wildman–Crippen MR) is 105 cm³/mol. The highest BCUT2D eigenvalue weighted by atomic mass is 32.2. The molecule has 3 heterocycles. The summed E-state index contributed by atoms with van der Waals surface area (Å²) in [6.45, 7) is 1.38. The normalized spacial score (nSPS) is 20.3. The number of rotatable bonds is 3. The van der Waals surface area contributed by atoms with Crippen LogP contribution in [-0.4, -0.2) is 53.8 Å². The molecule has 0 radical (unpaired) electrons. The molecule has 0 saturated carbocycles. The number of amides is 1. The molecule has 0 atom stereocenters. The Kier molecular flexibility index (Phi) is 5.04. The van der Waals surface area contributed by atoms with Crippen LogP contribution in [-0.2, 0) is 10.0 Å². The lowest BCUT2D eigenvalue weighted by molar-refractivity contribution is 0.0610. The number of hydrogen-bond donors (Lipinski definition) is 0. The quantitative estimate of drug-likeness (QED) is 0.756. The summed E-state index contributed by atoms with van der Waals surface area (Å²) < 4.78 is 40.2. The zero-order chi connectivity index (χ0) is 19.1. The van der Waals surface area contributed by atoms with Crippen LogP contribution >= 0.6 is 23.1 Å². The lowest BCUT2D eigenvalue weighted by Gasteiger charge is -2.43. The average molecular weight is 427 g/mol. The number of carbonyl (C=O) groups excluding carboxylic acids is 1. The van der Waals surface area contributed by atoms with Crippen LogP contribution in [0.2, 0.25) is 0 Å². The smallest absolute Gasteiger partial charge is 0.265 e. The molecule has 2 saturated heterocycles. The summed E-state index contributed by atoms with van der Waals surface area (Å²) in [5.41, 5.74) is 0. The van der Waals surface area contributed by atoms with E-state index >= 15 is 0 Å². The van der Waals surface area contributed by atoms with Gasteiger partial charge in [-0.3, -0.25) is 4.79 Å². The largest absolute Gasteiger partial charge is 0.322 e. The van der Waals surface area contributed by atoms with Crippen molar-refractivity contribution >= 4 is 39.0 Å². The Morgan fingerprint density at radius 1 is 1.07 bits per heavy atom. The van der Waals surface area contributed by atoms with Gasteiger partial charge in [0.2, 0.25) is 10.0 Å². The summed E-state index contributed by atoms with van der Waals surface area (Å²) in [6, 6.07) is 8.61. The number of piperidine rings is 1. The molecule has 1 spiro atoms. The maximum absolute atomic E-state index is 13.1. The molecular formula is C18H19FN2O3S3. The summed E-state index contributed by atoms with van der Waals surface area (Å²) in [7, 11) is -3.65. The second-order valence-electron chi connectivity index (χ2n) is 6.59. The van der Waals surface area contributed by atoms with E-state index in [9.17, 15) is 17.6 Å². The second-order valence-corrected chi connectivity index (χ2v) is 10.9. The maximum Gasteiger partial charge on any atom is 0.265 e. The summed E-state index contributed by atoms with van der Waals surface area (Å²) >= 11 is 3.18. The molecular weight excluding hydrogens is 407 g/mol. The molecule has 2 aromatic rings. The molecule has 144 valence electrons. The van der Waals surface area contributed by atoms with E-state index in [0.29, 0.717) is 32.5 Å². The topological polar surface area (TPSA) is 57.7 Å². The molecule has 1 aromatic carbocycles. The van der Waals surface area contributed by atoms with Crippen LogP contribution in [0.15, 0.2) is 46.7 Å². The van der Waals surface area contributed by atoms with E-state index in [0.717, 1.165) is 22.8 Å². The molecule has 0 N–H and O–H groups in total. The Hall–Kier alpha value is -1.42. The van der Waals surface area contributed by atoms with Gasteiger partial charge in [-0.15, -0.1) is 23.1 Å². The Morgan fingerprint density at radius 2 is 1.78 bits per heavy atom. The second kappa shape index (κ2) is 7.20. The van der Waals surface area contributed by atoms with Crippen molar-refractivity contribution in [2.24, 2.45) is 0 Å². The molecule has 27 heavy (non-hydrogen) atoms. The van der Waals surface area contributed by atoms with Gasteiger partial charge >= 0.3 is 0 Å². The van der Waals surface area contributed by atoms with Crippen LogP contribution in [0.5, 0.6) is 0 Å². The first-order valence-corrected chi connectivity index (χ1v) is 12.0. The third kappa shape index (κ3) is 3.41. The fourth-order valence-corrected chi connectivity index (χ4v) is 7.24.